The van der Waals surface area contributed by atoms with Crippen molar-refractivity contribution in [1.82, 2.24) is 0 Å². The molecule has 0 aliphatic carbocycles. The van der Waals surface area contributed by atoms with Crippen LogP contribution in [0.25, 0.3) is 11.1 Å². The van der Waals surface area contributed by atoms with Gasteiger partial charge in [-0.3, -0.25) is 0 Å². The maximum Gasteiger partial charge on any atom is 0.119 e. The highest BCUT2D eigenvalue weighted by Gasteiger charge is 2.06. The third-order valence-electron chi connectivity index (χ3n) is 5.41. The van der Waals surface area contributed by atoms with Gasteiger partial charge in [-0.25, -0.2) is 0 Å². The summed E-state index contributed by atoms with van der Waals surface area (Å²) in [5, 5.41) is 0. The third kappa shape index (κ3) is 9.04. The summed E-state index contributed by atoms with van der Waals surface area (Å²) < 4.78 is 11.7. The molecule has 0 aliphatic heterocycles. The SMILES string of the molecule is CCCCCCCCCCOC(C)c1ccc(-c2ccc(OCCC)cc2)cc1. The van der Waals surface area contributed by atoms with Gasteiger partial charge in [-0.05, 0) is 48.6 Å². The molecule has 2 aromatic rings. The largest absolute Gasteiger partial charge is 0.494 e. The van der Waals surface area contributed by atoms with Gasteiger partial charge in [0.1, 0.15) is 5.75 Å². The molecule has 0 saturated carbocycles. The van der Waals surface area contributed by atoms with E-state index in [0.29, 0.717) is 0 Å². The highest BCUT2D eigenvalue weighted by atomic mass is 16.5. The van der Waals surface area contributed by atoms with Crippen LogP contribution in [-0.2, 0) is 4.74 Å². The van der Waals surface area contributed by atoms with Gasteiger partial charge < -0.3 is 9.47 Å². The van der Waals surface area contributed by atoms with Crippen molar-refractivity contribution in [3.8, 4) is 16.9 Å². The molecule has 0 aromatic heterocycles. The van der Waals surface area contributed by atoms with Crippen LogP contribution in [0.3, 0.4) is 0 Å². The van der Waals surface area contributed by atoms with Crippen LogP contribution >= 0.6 is 0 Å². The van der Waals surface area contributed by atoms with E-state index in [9.17, 15) is 0 Å². The van der Waals surface area contributed by atoms with Crippen LogP contribution in [0.15, 0.2) is 48.5 Å². The molecule has 2 nitrogen and oxygen atoms in total. The van der Waals surface area contributed by atoms with E-state index in [-0.39, 0.29) is 6.10 Å². The zero-order valence-electron chi connectivity index (χ0n) is 18.8. The second-order valence-electron chi connectivity index (χ2n) is 7.98. The lowest BCUT2D eigenvalue weighted by Crippen LogP contribution is -2.01. The molecule has 160 valence electrons. The molecule has 1 atom stereocenters. The van der Waals surface area contributed by atoms with Crippen molar-refractivity contribution in [3.63, 3.8) is 0 Å². The van der Waals surface area contributed by atoms with Crippen LogP contribution in [0.1, 0.15) is 90.2 Å². The fraction of sp³-hybridized carbons (Fsp3) is 0.556. The molecule has 0 fully saturated rings. The molecule has 0 aliphatic rings. The second-order valence-corrected chi connectivity index (χ2v) is 7.98. The molecule has 0 spiro atoms. The van der Waals surface area contributed by atoms with Crippen molar-refractivity contribution in [1.29, 1.82) is 0 Å². The molecule has 1 unspecified atom stereocenters. The minimum atomic E-state index is 0.151. The van der Waals surface area contributed by atoms with E-state index in [1.165, 1.54) is 68.1 Å². The maximum absolute atomic E-state index is 6.06. The van der Waals surface area contributed by atoms with Gasteiger partial charge in [0.25, 0.3) is 0 Å². The van der Waals surface area contributed by atoms with Gasteiger partial charge in [0.15, 0.2) is 0 Å². The summed E-state index contributed by atoms with van der Waals surface area (Å²) in [5.74, 6) is 0.940. The lowest BCUT2D eigenvalue weighted by Gasteiger charge is -2.14. The summed E-state index contributed by atoms with van der Waals surface area (Å²) in [6.07, 6.45) is 11.9. The van der Waals surface area contributed by atoms with Gasteiger partial charge in [0.05, 0.1) is 12.7 Å². The van der Waals surface area contributed by atoms with Gasteiger partial charge in [0.2, 0.25) is 0 Å². The van der Waals surface area contributed by atoms with Crippen molar-refractivity contribution < 1.29 is 9.47 Å². The first-order chi connectivity index (χ1) is 14.2. The molecule has 2 rings (SSSR count). The van der Waals surface area contributed by atoms with Gasteiger partial charge in [-0.1, -0.05) is 95.2 Å². The lowest BCUT2D eigenvalue weighted by atomic mass is 10.0. The Kier molecular flexibility index (Phi) is 11.5. The molecule has 0 saturated heterocycles. The molecule has 0 heterocycles. The Morgan fingerprint density at radius 3 is 1.76 bits per heavy atom. The van der Waals surface area contributed by atoms with E-state index in [0.717, 1.165) is 25.4 Å². The van der Waals surface area contributed by atoms with Crippen LogP contribution in [0.2, 0.25) is 0 Å². The molecule has 2 heteroatoms. The average Bonchev–Trinajstić information content (AvgIpc) is 2.77. The maximum atomic E-state index is 6.06. The van der Waals surface area contributed by atoms with Crippen LogP contribution in [0.4, 0.5) is 0 Å². The highest BCUT2D eigenvalue weighted by Crippen LogP contribution is 2.25. The average molecular weight is 397 g/mol. The Morgan fingerprint density at radius 1 is 0.621 bits per heavy atom. The fourth-order valence-electron chi connectivity index (χ4n) is 3.50. The van der Waals surface area contributed by atoms with Crippen LogP contribution in [-0.4, -0.2) is 13.2 Å². The molecule has 0 bridgehead atoms. The molecule has 0 N–H and O–H groups in total. The van der Waals surface area contributed by atoms with E-state index >= 15 is 0 Å². The van der Waals surface area contributed by atoms with E-state index in [1.807, 2.05) is 0 Å². The first-order valence-electron chi connectivity index (χ1n) is 11.7. The number of ether oxygens (including phenoxy) is 2. The third-order valence-corrected chi connectivity index (χ3v) is 5.41. The molecular weight excluding hydrogens is 356 g/mol. The van der Waals surface area contributed by atoms with E-state index in [4.69, 9.17) is 9.47 Å². The number of hydrogen-bond acceptors (Lipinski definition) is 2. The number of hydrogen-bond donors (Lipinski definition) is 0. The zero-order chi connectivity index (χ0) is 20.7. The number of rotatable bonds is 15. The number of unbranched alkanes of at least 4 members (excludes halogenated alkanes) is 7. The first kappa shape index (κ1) is 23.5. The minimum absolute atomic E-state index is 0.151. The van der Waals surface area contributed by atoms with Gasteiger partial charge >= 0.3 is 0 Å². The smallest absolute Gasteiger partial charge is 0.119 e. The standard InChI is InChI=1S/C27H40O2/c1-4-6-7-8-9-10-11-12-22-28-23(3)24-13-15-25(16-14-24)26-17-19-27(20-18-26)29-21-5-2/h13-20,23H,4-12,21-22H2,1-3H3. The topological polar surface area (TPSA) is 18.5 Å². The van der Waals surface area contributed by atoms with Crippen molar-refractivity contribution in [2.24, 2.45) is 0 Å². The van der Waals surface area contributed by atoms with Gasteiger partial charge in [-0.2, -0.15) is 0 Å². The minimum Gasteiger partial charge on any atom is -0.494 e. The molecular formula is C27H40O2. The van der Waals surface area contributed by atoms with Crippen molar-refractivity contribution in [2.75, 3.05) is 13.2 Å². The Balaban J connectivity index is 1.69. The highest BCUT2D eigenvalue weighted by molar-refractivity contribution is 5.64. The van der Waals surface area contributed by atoms with Crippen LogP contribution < -0.4 is 4.74 Å². The lowest BCUT2D eigenvalue weighted by molar-refractivity contribution is 0.0627. The van der Waals surface area contributed by atoms with Crippen molar-refractivity contribution in [3.05, 3.63) is 54.1 Å². The van der Waals surface area contributed by atoms with Crippen molar-refractivity contribution in [2.45, 2.75) is 84.7 Å². The summed E-state index contributed by atoms with van der Waals surface area (Å²) >= 11 is 0. The van der Waals surface area contributed by atoms with E-state index in [1.54, 1.807) is 0 Å². The number of benzene rings is 2. The summed E-state index contributed by atoms with van der Waals surface area (Å²) in [5.41, 5.74) is 3.69. The first-order valence-corrected chi connectivity index (χ1v) is 11.7. The molecule has 0 radical (unpaired) electrons. The Morgan fingerprint density at radius 2 is 1.17 bits per heavy atom. The van der Waals surface area contributed by atoms with Crippen molar-refractivity contribution >= 4 is 0 Å². The van der Waals surface area contributed by atoms with E-state index in [2.05, 4.69) is 69.3 Å². The normalized spacial score (nSPS) is 12.1. The van der Waals surface area contributed by atoms with E-state index < -0.39 is 0 Å². The molecule has 2 aromatic carbocycles. The fourth-order valence-corrected chi connectivity index (χ4v) is 3.50. The predicted molar refractivity (Wildman–Crippen MR) is 125 cm³/mol. The monoisotopic (exact) mass is 396 g/mol. The summed E-state index contributed by atoms with van der Waals surface area (Å²) in [6, 6.07) is 17.1. The summed E-state index contributed by atoms with van der Waals surface area (Å²) in [4.78, 5) is 0. The molecule has 0 amide bonds. The zero-order valence-corrected chi connectivity index (χ0v) is 18.8. The van der Waals surface area contributed by atoms with Gasteiger partial charge in [-0.15, -0.1) is 0 Å². The second kappa shape index (κ2) is 14.2. The Labute approximate surface area is 178 Å². The Bertz CT molecular complexity index is 645. The predicted octanol–water partition coefficient (Wildman–Crippen LogP) is 8.36. The molecule has 29 heavy (non-hydrogen) atoms. The summed E-state index contributed by atoms with van der Waals surface area (Å²) in [7, 11) is 0. The summed E-state index contributed by atoms with van der Waals surface area (Å²) in [6.45, 7) is 8.17. The van der Waals surface area contributed by atoms with Crippen LogP contribution in [0.5, 0.6) is 5.75 Å². The Hall–Kier alpha value is -1.80. The van der Waals surface area contributed by atoms with Crippen LogP contribution in [0, 0.1) is 0 Å². The quantitative estimate of drug-likeness (QED) is 0.281. The van der Waals surface area contributed by atoms with Gasteiger partial charge in [0, 0.05) is 6.61 Å².